The largest absolute Gasteiger partial charge is 0.380 e. The van der Waals surface area contributed by atoms with E-state index in [2.05, 4.69) is 17.5 Å². The first kappa shape index (κ1) is 8.39. The molecule has 0 saturated carbocycles. The van der Waals surface area contributed by atoms with Gasteiger partial charge in [0.25, 0.3) is 0 Å². The second kappa shape index (κ2) is 3.67. The van der Waals surface area contributed by atoms with Crippen molar-refractivity contribution >= 4 is 11.6 Å². The van der Waals surface area contributed by atoms with Crippen LogP contribution in [0.5, 0.6) is 0 Å². The molecule has 1 unspecified atom stereocenters. The minimum Gasteiger partial charge on any atom is -0.380 e. The normalized spacial score (nSPS) is 19.9. The van der Waals surface area contributed by atoms with Crippen LogP contribution in [0.25, 0.3) is 0 Å². The highest BCUT2D eigenvalue weighted by atomic mass is 35.5. The van der Waals surface area contributed by atoms with Crippen LogP contribution in [-0.4, -0.2) is 0 Å². The zero-order valence-corrected chi connectivity index (χ0v) is 7.75. The molecule has 0 aromatic heterocycles. The van der Waals surface area contributed by atoms with Gasteiger partial charge in [0.2, 0.25) is 0 Å². The zero-order valence-electron chi connectivity index (χ0n) is 7.00. The summed E-state index contributed by atoms with van der Waals surface area (Å²) in [5, 5.41) is 3.96. The van der Waals surface area contributed by atoms with Crippen molar-refractivity contribution in [3.8, 4) is 0 Å². The summed E-state index contributed by atoms with van der Waals surface area (Å²) >= 11 is 5.79. The molecule has 1 aliphatic rings. The number of allylic oxidation sites excluding steroid dienone is 2. The van der Waals surface area contributed by atoms with Gasteiger partial charge in [0.15, 0.2) is 0 Å². The topological polar surface area (TPSA) is 12.0 Å². The van der Waals surface area contributed by atoms with Gasteiger partial charge in [-0.25, -0.2) is 0 Å². The summed E-state index contributed by atoms with van der Waals surface area (Å²) in [5.74, 6) is 0. The number of benzene rings is 1. The molecule has 1 aromatic rings. The van der Waals surface area contributed by atoms with E-state index in [0.29, 0.717) is 0 Å². The lowest BCUT2D eigenvalue weighted by Gasteiger charge is -2.15. The monoisotopic (exact) mass is 190 g/mol. The van der Waals surface area contributed by atoms with Gasteiger partial charge >= 0.3 is 0 Å². The molecule has 1 radical (unpaired) electrons. The van der Waals surface area contributed by atoms with Crippen LogP contribution >= 0.6 is 11.6 Å². The molecule has 1 heterocycles. The Bertz CT molecular complexity index is 338. The van der Waals surface area contributed by atoms with Gasteiger partial charge in [-0.1, -0.05) is 35.9 Å². The average molecular weight is 191 g/mol. The Balaban J connectivity index is 2.21. The molecule has 65 valence electrons. The average Bonchev–Trinajstić information content (AvgIpc) is 2.20. The maximum atomic E-state index is 5.79. The van der Waals surface area contributed by atoms with E-state index < -0.39 is 0 Å². The highest BCUT2D eigenvalue weighted by molar-refractivity contribution is 6.30. The predicted molar refractivity (Wildman–Crippen MR) is 54.3 cm³/mol. The molecule has 1 aromatic carbocycles. The van der Waals surface area contributed by atoms with Crippen molar-refractivity contribution in [2.45, 2.75) is 6.04 Å². The number of hydrogen-bond acceptors (Lipinski definition) is 1. The third-order valence-corrected chi connectivity index (χ3v) is 2.21. The number of halogens is 1. The lowest BCUT2D eigenvalue weighted by Crippen LogP contribution is -2.14. The smallest absolute Gasteiger partial charge is 0.0696 e. The first-order chi connectivity index (χ1) is 6.36. The molecular weight excluding hydrogens is 182 g/mol. The maximum absolute atomic E-state index is 5.79. The lowest BCUT2D eigenvalue weighted by molar-refractivity contribution is 0.743. The number of hydrogen-bond donors (Lipinski definition) is 1. The Morgan fingerprint density at radius 3 is 2.62 bits per heavy atom. The molecule has 0 spiro atoms. The third kappa shape index (κ3) is 1.93. The van der Waals surface area contributed by atoms with Crippen molar-refractivity contribution in [1.82, 2.24) is 5.32 Å². The summed E-state index contributed by atoms with van der Waals surface area (Å²) < 4.78 is 0. The minimum absolute atomic E-state index is 0.249. The Morgan fingerprint density at radius 1 is 1.23 bits per heavy atom. The van der Waals surface area contributed by atoms with Crippen molar-refractivity contribution in [3.63, 3.8) is 0 Å². The third-order valence-electron chi connectivity index (χ3n) is 1.96. The fraction of sp³-hybridized carbons (Fsp3) is 0.0909. The van der Waals surface area contributed by atoms with Gasteiger partial charge in [-0.3, -0.25) is 0 Å². The van der Waals surface area contributed by atoms with E-state index in [4.69, 9.17) is 11.6 Å². The predicted octanol–water partition coefficient (Wildman–Crippen LogP) is 2.86. The van der Waals surface area contributed by atoms with Crippen molar-refractivity contribution < 1.29 is 0 Å². The fourth-order valence-electron chi connectivity index (χ4n) is 1.27. The molecule has 1 atom stereocenters. The quantitative estimate of drug-likeness (QED) is 0.718. The maximum Gasteiger partial charge on any atom is 0.0696 e. The van der Waals surface area contributed by atoms with Gasteiger partial charge < -0.3 is 5.32 Å². The highest BCUT2D eigenvalue weighted by Gasteiger charge is 2.06. The van der Waals surface area contributed by atoms with Crippen LogP contribution in [0.1, 0.15) is 11.6 Å². The van der Waals surface area contributed by atoms with Crippen molar-refractivity contribution in [2.24, 2.45) is 0 Å². The molecule has 0 saturated heterocycles. The second-order valence-electron chi connectivity index (χ2n) is 2.87. The zero-order chi connectivity index (χ0) is 9.10. The highest BCUT2D eigenvalue weighted by Crippen LogP contribution is 2.18. The summed E-state index contributed by atoms with van der Waals surface area (Å²) in [4.78, 5) is 0. The molecule has 1 nitrogen and oxygen atoms in total. The van der Waals surface area contributed by atoms with E-state index in [-0.39, 0.29) is 6.04 Å². The molecule has 0 amide bonds. The molecule has 1 N–H and O–H groups in total. The van der Waals surface area contributed by atoms with E-state index in [0.717, 1.165) is 5.02 Å². The molecule has 2 heteroatoms. The summed E-state index contributed by atoms with van der Waals surface area (Å²) in [7, 11) is 0. The van der Waals surface area contributed by atoms with E-state index in [9.17, 15) is 0 Å². The van der Waals surface area contributed by atoms with Gasteiger partial charge in [-0.2, -0.15) is 0 Å². The number of dihydropyridines is 1. The van der Waals surface area contributed by atoms with Crippen LogP contribution in [-0.2, 0) is 0 Å². The Hall–Kier alpha value is -1.21. The van der Waals surface area contributed by atoms with Crippen molar-refractivity contribution in [2.75, 3.05) is 0 Å². The van der Waals surface area contributed by atoms with Gasteiger partial charge in [0.1, 0.15) is 0 Å². The SMILES string of the molecule is Clc1ccc(C2C=C[C]=CN2)cc1. The van der Waals surface area contributed by atoms with E-state index in [1.54, 1.807) is 0 Å². The van der Waals surface area contributed by atoms with Crippen LogP contribution in [0, 0.1) is 6.08 Å². The van der Waals surface area contributed by atoms with Crippen LogP contribution in [0.3, 0.4) is 0 Å². The summed E-state index contributed by atoms with van der Waals surface area (Å²) in [6.45, 7) is 0. The molecule has 0 aliphatic carbocycles. The summed E-state index contributed by atoms with van der Waals surface area (Å²) in [6, 6.07) is 8.08. The van der Waals surface area contributed by atoms with Gasteiger partial charge in [-0.15, -0.1) is 0 Å². The van der Waals surface area contributed by atoms with Gasteiger partial charge in [-0.05, 0) is 23.8 Å². The fourth-order valence-corrected chi connectivity index (χ4v) is 1.40. The Morgan fingerprint density at radius 2 is 2.00 bits per heavy atom. The number of nitrogens with one attached hydrogen (secondary N) is 1. The van der Waals surface area contributed by atoms with E-state index in [1.165, 1.54) is 5.56 Å². The second-order valence-corrected chi connectivity index (χ2v) is 3.30. The van der Waals surface area contributed by atoms with Crippen LogP contribution in [0.2, 0.25) is 5.02 Å². The van der Waals surface area contributed by atoms with E-state index >= 15 is 0 Å². The van der Waals surface area contributed by atoms with Gasteiger partial charge in [0, 0.05) is 11.2 Å². The lowest BCUT2D eigenvalue weighted by atomic mass is 10.1. The van der Waals surface area contributed by atoms with Crippen LogP contribution < -0.4 is 5.32 Å². The Labute approximate surface area is 82.7 Å². The first-order valence-corrected chi connectivity index (χ1v) is 4.50. The Kier molecular flexibility index (Phi) is 2.37. The molecule has 0 fully saturated rings. The van der Waals surface area contributed by atoms with Crippen LogP contribution in [0.15, 0.2) is 42.6 Å². The summed E-state index contributed by atoms with van der Waals surface area (Å²) in [6.07, 6.45) is 8.74. The summed E-state index contributed by atoms with van der Waals surface area (Å²) in [5.41, 5.74) is 1.21. The molecule has 2 rings (SSSR count). The number of rotatable bonds is 1. The molecule has 0 bridgehead atoms. The van der Waals surface area contributed by atoms with E-state index in [1.807, 2.05) is 36.5 Å². The van der Waals surface area contributed by atoms with Crippen molar-refractivity contribution in [1.29, 1.82) is 0 Å². The van der Waals surface area contributed by atoms with Gasteiger partial charge in [0.05, 0.1) is 6.04 Å². The standard InChI is InChI=1S/C11H9ClN/c12-10-6-4-9(5-7-10)11-3-1-2-8-13-11/h1,3-8,11,13H. The van der Waals surface area contributed by atoms with Crippen LogP contribution in [0.4, 0.5) is 0 Å². The first-order valence-electron chi connectivity index (χ1n) is 4.12. The molecule has 13 heavy (non-hydrogen) atoms. The van der Waals surface area contributed by atoms with Crippen molar-refractivity contribution in [3.05, 3.63) is 59.3 Å². The molecule has 1 aliphatic heterocycles. The minimum atomic E-state index is 0.249. The molecular formula is C11H9ClN.